The van der Waals surface area contributed by atoms with Crippen LogP contribution in [0.1, 0.15) is 21.9 Å². The Hall–Kier alpha value is -1.77. The monoisotopic (exact) mass is 163 g/mol. The predicted octanol–water partition coefficient (Wildman–Crippen LogP) is 1.66. The number of rotatable bonds is 3. The van der Waals surface area contributed by atoms with Crippen LogP contribution >= 0.6 is 0 Å². The van der Waals surface area contributed by atoms with Crippen molar-refractivity contribution < 1.29 is 9.21 Å². The van der Waals surface area contributed by atoms with Crippen molar-refractivity contribution in [3.8, 4) is 0 Å². The van der Waals surface area contributed by atoms with Crippen molar-refractivity contribution in [2.75, 3.05) is 0 Å². The number of amides is 1. The SMILES string of the molecule is C=Cc1cc(C(N)=O)oc1C=C. The van der Waals surface area contributed by atoms with E-state index in [4.69, 9.17) is 10.2 Å². The number of furan rings is 1. The molecular formula is C9H9NO2. The van der Waals surface area contributed by atoms with E-state index >= 15 is 0 Å². The van der Waals surface area contributed by atoms with Crippen LogP contribution in [0.2, 0.25) is 0 Å². The van der Waals surface area contributed by atoms with E-state index in [0.717, 1.165) is 5.56 Å². The maximum Gasteiger partial charge on any atom is 0.284 e. The number of carbonyl (C=O) groups excluding carboxylic acids is 1. The van der Waals surface area contributed by atoms with Crippen LogP contribution in [0.25, 0.3) is 12.2 Å². The molecule has 0 fully saturated rings. The minimum Gasteiger partial charge on any atom is -0.451 e. The van der Waals surface area contributed by atoms with Crippen molar-refractivity contribution in [3.05, 3.63) is 36.3 Å². The Morgan fingerprint density at radius 3 is 2.50 bits per heavy atom. The summed E-state index contributed by atoms with van der Waals surface area (Å²) in [5.74, 6) is 0.0461. The molecule has 1 amide bonds. The summed E-state index contributed by atoms with van der Waals surface area (Å²) < 4.78 is 5.05. The summed E-state index contributed by atoms with van der Waals surface area (Å²) in [6.07, 6.45) is 3.08. The van der Waals surface area contributed by atoms with E-state index in [0.29, 0.717) is 5.76 Å². The first kappa shape index (κ1) is 8.33. The second-order valence-corrected chi connectivity index (χ2v) is 2.20. The molecule has 0 aromatic carbocycles. The summed E-state index contributed by atoms with van der Waals surface area (Å²) in [7, 11) is 0. The number of hydrogen-bond acceptors (Lipinski definition) is 2. The zero-order valence-electron chi connectivity index (χ0n) is 6.54. The molecule has 1 rings (SSSR count). The largest absolute Gasteiger partial charge is 0.451 e. The van der Waals surface area contributed by atoms with Gasteiger partial charge in [0.1, 0.15) is 5.76 Å². The summed E-state index contributed by atoms with van der Waals surface area (Å²) in [5.41, 5.74) is 5.73. The lowest BCUT2D eigenvalue weighted by atomic mass is 10.2. The van der Waals surface area contributed by atoms with Crippen LogP contribution in [-0.4, -0.2) is 5.91 Å². The van der Waals surface area contributed by atoms with Crippen LogP contribution < -0.4 is 5.73 Å². The number of nitrogens with two attached hydrogens (primary N) is 1. The van der Waals surface area contributed by atoms with Gasteiger partial charge in [0.05, 0.1) is 0 Å². The first-order valence-corrected chi connectivity index (χ1v) is 3.37. The van der Waals surface area contributed by atoms with E-state index in [1.807, 2.05) is 0 Å². The van der Waals surface area contributed by atoms with Crippen LogP contribution in [0, 0.1) is 0 Å². The Labute approximate surface area is 70.2 Å². The van der Waals surface area contributed by atoms with E-state index in [1.165, 1.54) is 12.1 Å². The molecule has 0 aliphatic carbocycles. The number of hydrogen-bond donors (Lipinski definition) is 1. The Kier molecular flexibility index (Phi) is 2.14. The predicted molar refractivity (Wildman–Crippen MR) is 47.4 cm³/mol. The van der Waals surface area contributed by atoms with Gasteiger partial charge in [0, 0.05) is 5.56 Å². The minimum absolute atomic E-state index is 0.125. The molecule has 0 unspecified atom stereocenters. The highest BCUT2D eigenvalue weighted by molar-refractivity contribution is 5.91. The average molecular weight is 163 g/mol. The highest BCUT2D eigenvalue weighted by Gasteiger charge is 2.09. The molecule has 1 heterocycles. The smallest absolute Gasteiger partial charge is 0.284 e. The maximum atomic E-state index is 10.7. The maximum absolute atomic E-state index is 10.7. The van der Waals surface area contributed by atoms with Crippen LogP contribution in [-0.2, 0) is 0 Å². The van der Waals surface area contributed by atoms with Gasteiger partial charge in [-0.05, 0) is 12.1 Å². The molecule has 0 bridgehead atoms. The third-order valence-corrected chi connectivity index (χ3v) is 1.44. The molecule has 1 aromatic heterocycles. The molecule has 3 nitrogen and oxygen atoms in total. The molecule has 0 saturated carbocycles. The first-order chi connectivity index (χ1) is 5.69. The Bertz CT molecular complexity index is 311. The van der Waals surface area contributed by atoms with Gasteiger partial charge in [0.15, 0.2) is 5.76 Å². The molecule has 0 radical (unpaired) electrons. The third kappa shape index (κ3) is 1.29. The van der Waals surface area contributed by atoms with Crippen molar-refractivity contribution in [1.29, 1.82) is 0 Å². The Morgan fingerprint density at radius 1 is 1.50 bits per heavy atom. The summed E-state index contributed by atoms with van der Waals surface area (Å²) in [4.78, 5) is 10.7. The number of carbonyl (C=O) groups is 1. The van der Waals surface area contributed by atoms with Gasteiger partial charge < -0.3 is 10.2 Å². The lowest BCUT2D eigenvalue weighted by Crippen LogP contribution is -2.09. The molecular weight excluding hydrogens is 154 g/mol. The molecule has 12 heavy (non-hydrogen) atoms. The lowest BCUT2D eigenvalue weighted by Gasteiger charge is -1.85. The Morgan fingerprint density at radius 2 is 2.17 bits per heavy atom. The van der Waals surface area contributed by atoms with Gasteiger partial charge in [-0.1, -0.05) is 19.2 Å². The van der Waals surface area contributed by atoms with E-state index in [1.54, 1.807) is 6.08 Å². The topological polar surface area (TPSA) is 56.2 Å². The third-order valence-electron chi connectivity index (χ3n) is 1.44. The van der Waals surface area contributed by atoms with Gasteiger partial charge in [-0.15, -0.1) is 0 Å². The minimum atomic E-state index is -0.591. The molecule has 62 valence electrons. The van der Waals surface area contributed by atoms with Gasteiger partial charge in [-0.2, -0.15) is 0 Å². The molecule has 1 aromatic rings. The molecule has 2 N–H and O–H groups in total. The van der Waals surface area contributed by atoms with Crippen LogP contribution in [0.5, 0.6) is 0 Å². The van der Waals surface area contributed by atoms with Gasteiger partial charge in [-0.25, -0.2) is 0 Å². The highest BCUT2D eigenvalue weighted by atomic mass is 16.3. The van der Waals surface area contributed by atoms with Crippen LogP contribution in [0.15, 0.2) is 23.6 Å². The molecule has 0 spiro atoms. The number of primary amides is 1. The fourth-order valence-corrected chi connectivity index (χ4v) is 0.860. The van der Waals surface area contributed by atoms with Crippen LogP contribution in [0.4, 0.5) is 0 Å². The van der Waals surface area contributed by atoms with Crippen molar-refractivity contribution in [1.82, 2.24) is 0 Å². The second-order valence-electron chi connectivity index (χ2n) is 2.20. The van der Waals surface area contributed by atoms with E-state index in [-0.39, 0.29) is 5.76 Å². The van der Waals surface area contributed by atoms with E-state index < -0.39 is 5.91 Å². The van der Waals surface area contributed by atoms with Gasteiger partial charge >= 0.3 is 0 Å². The molecule has 0 saturated heterocycles. The molecule has 0 aliphatic heterocycles. The Balaban J connectivity index is 3.22. The van der Waals surface area contributed by atoms with Gasteiger partial charge in [0.25, 0.3) is 5.91 Å². The summed E-state index contributed by atoms with van der Waals surface area (Å²) in [6, 6.07) is 1.53. The van der Waals surface area contributed by atoms with Crippen molar-refractivity contribution >= 4 is 18.1 Å². The average Bonchev–Trinajstić information content (AvgIpc) is 2.46. The van der Waals surface area contributed by atoms with E-state index in [9.17, 15) is 4.79 Å². The second kappa shape index (κ2) is 3.09. The van der Waals surface area contributed by atoms with E-state index in [2.05, 4.69) is 13.2 Å². The fourth-order valence-electron chi connectivity index (χ4n) is 0.860. The fraction of sp³-hybridized carbons (Fsp3) is 0. The summed E-state index contributed by atoms with van der Waals surface area (Å²) >= 11 is 0. The molecule has 0 aliphatic rings. The van der Waals surface area contributed by atoms with Crippen molar-refractivity contribution in [2.24, 2.45) is 5.73 Å². The van der Waals surface area contributed by atoms with Crippen molar-refractivity contribution in [3.63, 3.8) is 0 Å². The lowest BCUT2D eigenvalue weighted by molar-refractivity contribution is 0.0973. The molecule has 0 atom stereocenters. The standard InChI is InChI=1S/C9H9NO2/c1-3-6-5-8(9(10)11)12-7(6)4-2/h3-5H,1-2H2,(H2,10,11). The first-order valence-electron chi connectivity index (χ1n) is 3.37. The summed E-state index contributed by atoms with van der Waals surface area (Å²) in [5, 5.41) is 0. The quantitative estimate of drug-likeness (QED) is 0.736. The summed E-state index contributed by atoms with van der Waals surface area (Å²) in [6.45, 7) is 7.07. The van der Waals surface area contributed by atoms with Gasteiger partial charge in [-0.3, -0.25) is 4.79 Å². The zero-order chi connectivity index (χ0) is 9.14. The van der Waals surface area contributed by atoms with Gasteiger partial charge in [0.2, 0.25) is 0 Å². The zero-order valence-corrected chi connectivity index (χ0v) is 6.54. The molecule has 3 heteroatoms. The van der Waals surface area contributed by atoms with Crippen molar-refractivity contribution in [2.45, 2.75) is 0 Å². The normalized spacial score (nSPS) is 9.33. The van der Waals surface area contributed by atoms with Crippen LogP contribution in [0.3, 0.4) is 0 Å². The highest BCUT2D eigenvalue weighted by Crippen LogP contribution is 2.17.